The Labute approximate surface area is 107 Å². The van der Waals surface area contributed by atoms with Crippen LogP contribution in [0.2, 0.25) is 0 Å². The SMILES string of the molecule is COc1cc2c(cc1OC)N1CCOCC1CN2. The summed E-state index contributed by atoms with van der Waals surface area (Å²) in [6.07, 6.45) is 0. The minimum atomic E-state index is 0.407. The third kappa shape index (κ3) is 1.75. The Morgan fingerprint density at radius 1 is 1.28 bits per heavy atom. The van der Waals surface area contributed by atoms with E-state index in [4.69, 9.17) is 14.2 Å². The molecule has 1 aromatic carbocycles. The van der Waals surface area contributed by atoms with E-state index < -0.39 is 0 Å². The van der Waals surface area contributed by atoms with Gasteiger partial charge in [0.05, 0.1) is 44.8 Å². The van der Waals surface area contributed by atoms with Crippen molar-refractivity contribution in [1.29, 1.82) is 0 Å². The molecule has 2 heterocycles. The molecule has 1 saturated heterocycles. The van der Waals surface area contributed by atoms with E-state index >= 15 is 0 Å². The number of hydrogen-bond acceptors (Lipinski definition) is 5. The highest BCUT2D eigenvalue weighted by Crippen LogP contribution is 2.41. The molecule has 1 unspecified atom stereocenters. The lowest BCUT2D eigenvalue weighted by Crippen LogP contribution is -2.51. The molecule has 0 aromatic heterocycles. The van der Waals surface area contributed by atoms with Gasteiger partial charge in [0, 0.05) is 25.2 Å². The summed E-state index contributed by atoms with van der Waals surface area (Å²) in [7, 11) is 3.32. The van der Waals surface area contributed by atoms with Crippen LogP contribution in [0.25, 0.3) is 0 Å². The predicted octanol–water partition coefficient (Wildman–Crippen LogP) is 1.33. The van der Waals surface area contributed by atoms with Crippen LogP contribution in [0, 0.1) is 0 Å². The molecule has 0 saturated carbocycles. The third-order valence-corrected chi connectivity index (χ3v) is 3.57. The average molecular weight is 250 g/mol. The zero-order valence-electron chi connectivity index (χ0n) is 10.7. The Morgan fingerprint density at radius 3 is 2.83 bits per heavy atom. The molecule has 3 rings (SSSR count). The zero-order valence-corrected chi connectivity index (χ0v) is 10.7. The second kappa shape index (κ2) is 4.57. The number of nitrogens with zero attached hydrogens (tertiary/aromatic N) is 1. The number of fused-ring (bicyclic) bond motifs is 3. The number of nitrogens with one attached hydrogen (secondary N) is 1. The quantitative estimate of drug-likeness (QED) is 0.858. The lowest BCUT2D eigenvalue weighted by atomic mass is 10.1. The molecule has 1 fully saturated rings. The van der Waals surface area contributed by atoms with Crippen LogP contribution >= 0.6 is 0 Å². The maximum Gasteiger partial charge on any atom is 0.162 e. The molecule has 2 aliphatic rings. The van der Waals surface area contributed by atoms with E-state index in [-0.39, 0.29) is 0 Å². The normalized spacial score (nSPS) is 21.7. The smallest absolute Gasteiger partial charge is 0.162 e. The molecular weight excluding hydrogens is 232 g/mol. The van der Waals surface area contributed by atoms with Gasteiger partial charge in [-0.2, -0.15) is 0 Å². The van der Waals surface area contributed by atoms with Gasteiger partial charge in [-0.1, -0.05) is 0 Å². The summed E-state index contributed by atoms with van der Waals surface area (Å²) in [4.78, 5) is 2.39. The van der Waals surface area contributed by atoms with Crippen LogP contribution in [0.3, 0.4) is 0 Å². The lowest BCUT2D eigenvalue weighted by molar-refractivity contribution is 0.0963. The van der Waals surface area contributed by atoms with Crippen molar-refractivity contribution < 1.29 is 14.2 Å². The fourth-order valence-corrected chi connectivity index (χ4v) is 2.62. The van der Waals surface area contributed by atoms with Crippen LogP contribution in [-0.4, -0.2) is 46.6 Å². The van der Waals surface area contributed by atoms with E-state index in [0.29, 0.717) is 6.04 Å². The number of benzene rings is 1. The third-order valence-electron chi connectivity index (χ3n) is 3.57. The maximum atomic E-state index is 5.52. The highest BCUT2D eigenvalue weighted by atomic mass is 16.5. The average Bonchev–Trinajstić information content (AvgIpc) is 2.45. The minimum absolute atomic E-state index is 0.407. The Balaban J connectivity index is 2.02. The fourth-order valence-electron chi connectivity index (χ4n) is 2.62. The molecule has 0 bridgehead atoms. The number of anilines is 2. The highest BCUT2D eigenvalue weighted by molar-refractivity contribution is 5.77. The van der Waals surface area contributed by atoms with E-state index in [1.807, 2.05) is 12.1 Å². The summed E-state index contributed by atoms with van der Waals surface area (Å²) in [5.74, 6) is 1.53. The van der Waals surface area contributed by atoms with Crippen LogP contribution in [0.1, 0.15) is 0 Å². The van der Waals surface area contributed by atoms with Gasteiger partial charge in [0.25, 0.3) is 0 Å². The van der Waals surface area contributed by atoms with Gasteiger partial charge in [-0.25, -0.2) is 0 Å². The second-order valence-corrected chi connectivity index (χ2v) is 4.53. The second-order valence-electron chi connectivity index (χ2n) is 4.53. The van der Waals surface area contributed by atoms with Gasteiger partial charge in [-0.15, -0.1) is 0 Å². The first-order valence-electron chi connectivity index (χ1n) is 6.17. The molecule has 1 N–H and O–H groups in total. The van der Waals surface area contributed by atoms with Gasteiger partial charge in [0.15, 0.2) is 11.5 Å². The summed E-state index contributed by atoms with van der Waals surface area (Å²) >= 11 is 0. The molecule has 98 valence electrons. The first-order chi connectivity index (χ1) is 8.83. The Bertz CT molecular complexity index is 450. The van der Waals surface area contributed by atoms with Crippen molar-refractivity contribution >= 4 is 11.4 Å². The summed E-state index contributed by atoms with van der Waals surface area (Å²) in [6, 6.07) is 4.45. The van der Waals surface area contributed by atoms with Gasteiger partial charge < -0.3 is 24.4 Å². The topological polar surface area (TPSA) is 43.0 Å². The maximum absolute atomic E-state index is 5.52. The molecule has 0 spiro atoms. The Kier molecular flexibility index (Phi) is 2.91. The van der Waals surface area contributed by atoms with Crippen LogP contribution in [0.5, 0.6) is 11.5 Å². The predicted molar refractivity (Wildman–Crippen MR) is 70.0 cm³/mol. The largest absolute Gasteiger partial charge is 0.493 e. The van der Waals surface area contributed by atoms with E-state index in [1.165, 1.54) is 5.69 Å². The highest BCUT2D eigenvalue weighted by Gasteiger charge is 2.30. The van der Waals surface area contributed by atoms with Crippen molar-refractivity contribution in [2.24, 2.45) is 0 Å². The molecule has 1 aromatic rings. The first-order valence-corrected chi connectivity index (χ1v) is 6.17. The van der Waals surface area contributed by atoms with Crippen molar-refractivity contribution in [1.82, 2.24) is 0 Å². The van der Waals surface area contributed by atoms with Crippen LogP contribution in [0.15, 0.2) is 12.1 Å². The zero-order chi connectivity index (χ0) is 12.5. The molecule has 1 atom stereocenters. The molecular formula is C13H18N2O3. The monoisotopic (exact) mass is 250 g/mol. The fraction of sp³-hybridized carbons (Fsp3) is 0.538. The summed E-state index contributed by atoms with van der Waals surface area (Å²) in [5.41, 5.74) is 2.28. The molecule has 0 radical (unpaired) electrons. The Hall–Kier alpha value is -1.62. The molecule has 5 nitrogen and oxygen atoms in total. The lowest BCUT2D eigenvalue weighted by Gasteiger charge is -2.42. The van der Waals surface area contributed by atoms with Crippen molar-refractivity contribution in [3.05, 3.63) is 12.1 Å². The number of ether oxygens (including phenoxy) is 3. The summed E-state index contributed by atoms with van der Waals surface area (Å²) < 4.78 is 16.2. The van der Waals surface area contributed by atoms with Gasteiger partial charge in [-0.05, 0) is 0 Å². The van der Waals surface area contributed by atoms with Crippen molar-refractivity contribution in [2.45, 2.75) is 6.04 Å². The Morgan fingerprint density at radius 2 is 2.06 bits per heavy atom. The number of methoxy groups -OCH3 is 2. The number of hydrogen-bond donors (Lipinski definition) is 1. The van der Waals surface area contributed by atoms with Crippen molar-refractivity contribution in [3.8, 4) is 11.5 Å². The molecule has 0 amide bonds. The summed E-state index contributed by atoms with van der Waals surface area (Å²) in [6.45, 7) is 3.39. The summed E-state index contributed by atoms with van der Waals surface area (Å²) in [5, 5.41) is 3.43. The van der Waals surface area contributed by atoms with Crippen molar-refractivity contribution in [3.63, 3.8) is 0 Å². The van der Waals surface area contributed by atoms with Gasteiger partial charge in [0.1, 0.15) is 0 Å². The van der Waals surface area contributed by atoms with Crippen molar-refractivity contribution in [2.75, 3.05) is 50.7 Å². The van der Waals surface area contributed by atoms with Crippen LogP contribution in [0.4, 0.5) is 11.4 Å². The van der Waals surface area contributed by atoms with E-state index in [2.05, 4.69) is 10.2 Å². The molecule has 5 heteroatoms. The van der Waals surface area contributed by atoms with Crippen LogP contribution in [-0.2, 0) is 4.74 Å². The van der Waals surface area contributed by atoms with Gasteiger partial charge in [0.2, 0.25) is 0 Å². The van der Waals surface area contributed by atoms with Crippen LogP contribution < -0.4 is 19.7 Å². The number of rotatable bonds is 2. The van der Waals surface area contributed by atoms with E-state index in [9.17, 15) is 0 Å². The van der Waals surface area contributed by atoms with Gasteiger partial charge >= 0.3 is 0 Å². The standard InChI is InChI=1S/C13H18N2O3/c1-16-12-5-10-11(6-13(12)17-2)15-3-4-18-8-9(15)7-14-10/h5-6,9,14H,3-4,7-8H2,1-2H3. The van der Waals surface area contributed by atoms with E-state index in [0.717, 1.165) is 43.5 Å². The first kappa shape index (κ1) is 11.5. The number of morpholine rings is 1. The van der Waals surface area contributed by atoms with Gasteiger partial charge in [-0.3, -0.25) is 0 Å². The molecule has 0 aliphatic carbocycles. The molecule has 18 heavy (non-hydrogen) atoms. The molecule has 2 aliphatic heterocycles. The van der Waals surface area contributed by atoms with E-state index in [1.54, 1.807) is 14.2 Å². The minimum Gasteiger partial charge on any atom is -0.493 e.